The third-order valence-corrected chi connectivity index (χ3v) is 7.68. The molecule has 38 heavy (non-hydrogen) atoms. The highest BCUT2D eigenvalue weighted by molar-refractivity contribution is 5.94. The van der Waals surface area contributed by atoms with E-state index >= 15 is 0 Å². The lowest BCUT2D eigenvalue weighted by atomic mass is 9.83. The van der Waals surface area contributed by atoms with Gasteiger partial charge in [0.15, 0.2) is 0 Å². The minimum Gasteiger partial charge on any atom is -0.444 e. The molecule has 2 rings (SSSR count). The maximum atomic E-state index is 13.8. The minimum absolute atomic E-state index is 0.0947. The number of rotatable bonds is 8. The molecule has 10 heteroatoms. The first kappa shape index (κ1) is 31.9. The van der Waals surface area contributed by atoms with E-state index in [-0.39, 0.29) is 17.9 Å². The molecular formula is C28H51N5O5. The zero-order chi connectivity index (χ0) is 28.8. The zero-order valence-corrected chi connectivity index (χ0v) is 24.8. The van der Waals surface area contributed by atoms with Crippen LogP contribution in [0.4, 0.5) is 4.79 Å². The van der Waals surface area contributed by atoms with Gasteiger partial charge in [-0.05, 0) is 64.7 Å². The Kier molecular flexibility index (Phi) is 11.0. The van der Waals surface area contributed by atoms with Gasteiger partial charge in [0.25, 0.3) is 0 Å². The second-order valence-corrected chi connectivity index (χ2v) is 13.0. The van der Waals surface area contributed by atoms with E-state index in [0.717, 1.165) is 25.7 Å². The monoisotopic (exact) mass is 537 g/mol. The number of likely N-dealkylation sites (N-methyl/N-ethyl adjacent to an activating group) is 1. The third-order valence-electron chi connectivity index (χ3n) is 7.68. The van der Waals surface area contributed by atoms with Crippen LogP contribution in [-0.4, -0.2) is 83.5 Å². The summed E-state index contributed by atoms with van der Waals surface area (Å²) in [6, 6.07) is -2.42. The average molecular weight is 538 g/mol. The zero-order valence-electron chi connectivity index (χ0n) is 24.8. The van der Waals surface area contributed by atoms with Crippen LogP contribution >= 0.6 is 0 Å². The SMILES string of the molecule is C[C@@H](C(=O)N[C@H](C(=O)N1CCC[C@H]1C(=O)N[C@H](CN)C1CCCCC1)C(C)(C)C)N(C)C(=O)OC(C)(C)C. The summed E-state index contributed by atoms with van der Waals surface area (Å²) >= 11 is 0. The summed E-state index contributed by atoms with van der Waals surface area (Å²) in [5.74, 6) is -0.563. The minimum atomic E-state index is -0.874. The maximum Gasteiger partial charge on any atom is 0.410 e. The molecule has 1 heterocycles. The summed E-state index contributed by atoms with van der Waals surface area (Å²) in [5.41, 5.74) is 4.71. The molecule has 10 nitrogen and oxygen atoms in total. The Morgan fingerprint density at radius 1 is 0.974 bits per heavy atom. The summed E-state index contributed by atoms with van der Waals surface area (Å²) in [5, 5.41) is 6.01. The Hall–Kier alpha value is -2.36. The first-order chi connectivity index (χ1) is 17.6. The Bertz CT molecular complexity index is 844. The van der Waals surface area contributed by atoms with Gasteiger partial charge >= 0.3 is 6.09 Å². The molecule has 1 aliphatic heterocycles. The van der Waals surface area contributed by atoms with Gasteiger partial charge in [-0.1, -0.05) is 40.0 Å². The van der Waals surface area contributed by atoms with Crippen LogP contribution in [-0.2, 0) is 19.1 Å². The summed E-state index contributed by atoms with van der Waals surface area (Å²) < 4.78 is 5.38. The van der Waals surface area contributed by atoms with E-state index < -0.39 is 41.1 Å². The van der Waals surface area contributed by atoms with Gasteiger partial charge in [0, 0.05) is 26.2 Å². The van der Waals surface area contributed by atoms with Crippen LogP contribution in [0.1, 0.15) is 93.4 Å². The molecule has 0 radical (unpaired) electrons. The molecular weight excluding hydrogens is 486 g/mol. The number of ether oxygens (including phenoxy) is 1. The smallest absolute Gasteiger partial charge is 0.410 e. The molecule has 2 aliphatic rings. The molecule has 0 aromatic heterocycles. The predicted molar refractivity (Wildman–Crippen MR) is 147 cm³/mol. The lowest BCUT2D eigenvalue weighted by molar-refractivity contribution is -0.144. The molecule has 1 saturated carbocycles. The van der Waals surface area contributed by atoms with Crippen LogP contribution in [0.25, 0.3) is 0 Å². The average Bonchev–Trinajstić information content (AvgIpc) is 3.33. The van der Waals surface area contributed by atoms with Crippen molar-refractivity contribution >= 4 is 23.8 Å². The van der Waals surface area contributed by atoms with Gasteiger partial charge in [-0.15, -0.1) is 0 Å². The van der Waals surface area contributed by atoms with E-state index in [2.05, 4.69) is 10.6 Å². The van der Waals surface area contributed by atoms with Gasteiger partial charge in [0.1, 0.15) is 23.7 Å². The van der Waals surface area contributed by atoms with Gasteiger partial charge in [-0.25, -0.2) is 4.79 Å². The molecule has 0 aromatic rings. The first-order valence-electron chi connectivity index (χ1n) is 14.1. The number of nitrogens with one attached hydrogen (secondary N) is 2. The molecule has 0 aromatic carbocycles. The third kappa shape index (κ3) is 8.58. The second-order valence-electron chi connectivity index (χ2n) is 13.0. The predicted octanol–water partition coefficient (Wildman–Crippen LogP) is 2.79. The van der Waals surface area contributed by atoms with E-state index in [0.29, 0.717) is 31.8 Å². The van der Waals surface area contributed by atoms with Crippen molar-refractivity contribution in [2.75, 3.05) is 20.1 Å². The van der Waals surface area contributed by atoms with Gasteiger partial charge in [0.2, 0.25) is 17.7 Å². The largest absolute Gasteiger partial charge is 0.444 e. The van der Waals surface area contributed by atoms with E-state index in [1.807, 2.05) is 20.8 Å². The number of carbonyl (C=O) groups excluding carboxylic acids is 4. The number of hydrogen-bond acceptors (Lipinski definition) is 6. The number of hydrogen-bond donors (Lipinski definition) is 3. The number of nitrogens with two attached hydrogens (primary N) is 1. The van der Waals surface area contributed by atoms with E-state index in [4.69, 9.17) is 10.5 Å². The molecule has 0 bridgehead atoms. The summed E-state index contributed by atoms with van der Waals surface area (Å²) in [7, 11) is 1.49. The molecule has 1 saturated heterocycles. The molecule has 1 aliphatic carbocycles. The number of nitrogens with zero attached hydrogens (tertiary/aromatic N) is 2. The van der Waals surface area contributed by atoms with Gasteiger partial charge in [-0.3, -0.25) is 19.3 Å². The Labute approximate surface area is 228 Å². The molecule has 2 fully saturated rings. The van der Waals surface area contributed by atoms with Crippen molar-refractivity contribution in [3.05, 3.63) is 0 Å². The number of likely N-dealkylation sites (tertiary alicyclic amines) is 1. The van der Waals surface area contributed by atoms with Crippen molar-refractivity contribution < 1.29 is 23.9 Å². The second kappa shape index (κ2) is 13.1. The number of carbonyl (C=O) groups is 4. The lowest BCUT2D eigenvalue weighted by Gasteiger charge is -2.37. The Morgan fingerprint density at radius 3 is 2.11 bits per heavy atom. The maximum absolute atomic E-state index is 13.8. The van der Waals surface area contributed by atoms with Crippen LogP contribution in [0.5, 0.6) is 0 Å². The van der Waals surface area contributed by atoms with Crippen molar-refractivity contribution in [1.29, 1.82) is 0 Å². The topological polar surface area (TPSA) is 134 Å². The molecule has 4 amide bonds. The Balaban J connectivity index is 2.12. The van der Waals surface area contributed by atoms with Gasteiger partial charge in [0.05, 0.1) is 0 Å². The molecule has 0 unspecified atom stereocenters. The Morgan fingerprint density at radius 2 is 1.58 bits per heavy atom. The van der Waals surface area contributed by atoms with Crippen LogP contribution in [0.15, 0.2) is 0 Å². The van der Waals surface area contributed by atoms with E-state index in [1.165, 1.54) is 18.4 Å². The van der Waals surface area contributed by atoms with Crippen molar-refractivity contribution in [1.82, 2.24) is 20.4 Å². The number of amides is 4. The highest BCUT2D eigenvalue weighted by Crippen LogP contribution is 2.28. The van der Waals surface area contributed by atoms with Gasteiger partial charge < -0.3 is 26.0 Å². The molecule has 4 atom stereocenters. The van der Waals surface area contributed by atoms with Crippen molar-refractivity contribution in [3.8, 4) is 0 Å². The first-order valence-corrected chi connectivity index (χ1v) is 14.1. The fraction of sp³-hybridized carbons (Fsp3) is 0.857. The van der Waals surface area contributed by atoms with E-state index in [9.17, 15) is 19.2 Å². The molecule has 0 spiro atoms. The van der Waals surface area contributed by atoms with Crippen LogP contribution < -0.4 is 16.4 Å². The molecule has 218 valence electrons. The quantitative estimate of drug-likeness (QED) is 0.436. The fourth-order valence-electron chi connectivity index (χ4n) is 5.23. The van der Waals surface area contributed by atoms with Crippen molar-refractivity contribution in [3.63, 3.8) is 0 Å². The summed E-state index contributed by atoms with van der Waals surface area (Å²) in [6.07, 6.45) is 6.30. The molecule has 4 N–H and O–H groups in total. The van der Waals surface area contributed by atoms with Gasteiger partial charge in [-0.2, -0.15) is 0 Å². The standard InChI is InChI=1S/C28H51N5O5/c1-18(32(8)26(37)38-28(5,6)7)23(34)31-22(27(2,3)4)25(36)33-16-12-15-21(33)24(35)30-20(17-29)19-13-10-9-11-14-19/h18-22H,9-17,29H2,1-8H3,(H,30,35)(H,31,34)/t18-,20+,21-,22+/m0/s1. The highest BCUT2D eigenvalue weighted by atomic mass is 16.6. The van der Waals surface area contributed by atoms with Crippen molar-refractivity contribution in [2.24, 2.45) is 17.1 Å². The summed E-state index contributed by atoms with van der Waals surface area (Å²) in [4.78, 5) is 55.6. The van der Waals surface area contributed by atoms with E-state index in [1.54, 1.807) is 32.6 Å². The highest BCUT2D eigenvalue weighted by Gasteiger charge is 2.43. The summed E-state index contributed by atoms with van der Waals surface area (Å²) in [6.45, 7) is 13.3. The fourth-order valence-corrected chi connectivity index (χ4v) is 5.23. The van der Waals surface area contributed by atoms with Crippen molar-refractivity contribution in [2.45, 2.75) is 123 Å². The van der Waals surface area contributed by atoms with Crippen LogP contribution in [0.3, 0.4) is 0 Å². The van der Waals surface area contributed by atoms with Crippen LogP contribution in [0.2, 0.25) is 0 Å². The lowest BCUT2D eigenvalue weighted by Crippen LogP contribution is -2.60. The normalized spacial score (nSPS) is 21.3. The van der Waals surface area contributed by atoms with Crippen LogP contribution in [0, 0.1) is 11.3 Å².